The Bertz CT molecular complexity index is 934. The lowest BCUT2D eigenvalue weighted by molar-refractivity contribution is -0.162. The van der Waals surface area contributed by atoms with Gasteiger partial charge in [0.15, 0.2) is 0 Å². The normalized spacial score (nSPS) is 14.1. The van der Waals surface area contributed by atoms with Gasteiger partial charge in [0.2, 0.25) is 0 Å². The summed E-state index contributed by atoms with van der Waals surface area (Å²) in [5, 5.41) is 9.18. The molecule has 1 aromatic heterocycles. The number of nitrogens with two attached hydrogens (primary N) is 1. The van der Waals surface area contributed by atoms with Crippen LogP contribution in [0.2, 0.25) is 0 Å². The van der Waals surface area contributed by atoms with Crippen molar-refractivity contribution in [2.45, 2.75) is 56.9 Å². The topological polar surface area (TPSA) is 46.2 Å². The van der Waals surface area contributed by atoms with Gasteiger partial charge in [-0.05, 0) is 62.4 Å². The Hall–Kier alpha value is -2.02. The molecule has 0 amide bonds. The number of hydrogen-bond acceptors (Lipinski definition) is 3. The third-order valence-electron chi connectivity index (χ3n) is 4.64. The molecule has 0 aliphatic rings. The zero-order valence-corrected chi connectivity index (χ0v) is 17.6. The van der Waals surface area contributed by atoms with Crippen LogP contribution in [0, 0.1) is 11.8 Å². The van der Waals surface area contributed by atoms with Gasteiger partial charge in [0, 0.05) is 16.8 Å². The molecule has 0 saturated carbocycles. The van der Waals surface area contributed by atoms with Gasteiger partial charge in [-0.2, -0.15) is 26.3 Å². The van der Waals surface area contributed by atoms with Crippen LogP contribution in [0.5, 0.6) is 0 Å². The van der Waals surface area contributed by atoms with Crippen LogP contribution in [0.3, 0.4) is 0 Å². The minimum atomic E-state index is -5.07. The Kier molecular flexibility index (Phi) is 8.20. The molecule has 0 aliphatic carbocycles. The van der Waals surface area contributed by atoms with Crippen molar-refractivity contribution in [3.8, 4) is 11.8 Å². The predicted octanol–water partition coefficient (Wildman–Crippen LogP) is 5.80. The number of aliphatic hydroxyl groups is 1. The van der Waals surface area contributed by atoms with Crippen molar-refractivity contribution in [2.24, 2.45) is 5.73 Å². The number of halogens is 6. The fourth-order valence-corrected chi connectivity index (χ4v) is 3.71. The van der Waals surface area contributed by atoms with E-state index in [0.29, 0.717) is 31.4 Å². The summed E-state index contributed by atoms with van der Waals surface area (Å²) in [6.07, 6.45) is -7.76. The van der Waals surface area contributed by atoms with Crippen molar-refractivity contribution in [3.63, 3.8) is 0 Å². The molecule has 0 radical (unpaired) electrons. The molecule has 0 spiro atoms. The van der Waals surface area contributed by atoms with Gasteiger partial charge >= 0.3 is 12.4 Å². The highest BCUT2D eigenvalue weighted by Gasteiger charge is 2.42. The second-order valence-electron chi connectivity index (χ2n) is 7.61. The summed E-state index contributed by atoms with van der Waals surface area (Å²) in [6, 6.07) is 5.93. The number of hydrogen-bond donors (Lipinski definition) is 2. The molecule has 2 nitrogen and oxygen atoms in total. The molecule has 31 heavy (non-hydrogen) atoms. The highest BCUT2D eigenvalue weighted by atomic mass is 32.1. The van der Waals surface area contributed by atoms with Crippen LogP contribution in [0.1, 0.15) is 52.6 Å². The molecular weight excluding hydrogens is 440 g/mol. The van der Waals surface area contributed by atoms with E-state index in [2.05, 4.69) is 11.8 Å². The van der Waals surface area contributed by atoms with Gasteiger partial charge in [-0.1, -0.05) is 17.9 Å². The highest BCUT2D eigenvalue weighted by molar-refractivity contribution is 7.12. The summed E-state index contributed by atoms with van der Waals surface area (Å²) in [6.45, 7) is 1.67. The highest BCUT2D eigenvalue weighted by Crippen LogP contribution is 2.40. The Morgan fingerprint density at radius 3 is 2.26 bits per heavy atom. The van der Waals surface area contributed by atoms with E-state index in [0.717, 1.165) is 22.2 Å². The van der Waals surface area contributed by atoms with Crippen molar-refractivity contribution in [2.75, 3.05) is 6.61 Å². The lowest BCUT2D eigenvalue weighted by atomic mass is 9.98. The van der Waals surface area contributed by atoms with E-state index < -0.39 is 29.0 Å². The van der Waals surface area contributed by atoms with Gasteiger partial charge < -0.3 is 10.8 Å². The fourth-order valence-electron chi connectivity index (χ4n) is 2.83. The second-order valence-corrected chi connectivity index (χ2v) is 8.78. The van der Waals surface area contributed by atoms with Crippen LogP contribution in [-0.4, -0.2) is 17.3 Å². The standard InChI is InChI=1S/C22H23F6NOS/c1-20(29,14-30)12-11-17-9-8-16(31-17)6-4-2-3-5-15-7-10-18(21(23,24)25)19(13-15)22(26,27)28/h7-10,13,30H,2-3,5,11-12,14,29H2,1H3. The Morgan fingerprint density at radius 2 is 1.65 bits per heavy atom. The van der Waals surface area contributed by atoms with E-state index in [1.165, 1.54) is 11.3 Å². The molecule has 1 atom stereocenters. The van der Waals surface area contributed by atoms with Gasteiger partial charge in [0.1, 0.15) is 0 Å². The van der Waals surface area contributed by atoms with Crippen LogP contribution in [-0.2, 0) is 25.2 Å². The SMILES string of the molecule is CC(N)(CO)CCc1ccc(C#CCCCc2ccc(C(F)(F)F)c(C(F)(F)F)c2)s1. The van der Waals surface area contributed by atoms with E-state index in [-0.39, 0.29) is 18.6 Å². The first kappa shape index (κ1) is 25.2. The summed E-state index contributed by atoms with van der Waals surface area (Å²) in [7, 11) is 0. The number of rotatable bonds is 7. The van der Waals surface area contributed by atoms with E-state index in [1.807, 2.05) is 12.1 Å². The van der Waals surface area contributed by atoms with Crippen LogP contribution in [0.15, 0.2) is 30.3 Å². The molecule has 170 valence electrons. The number of thiophene rings is 1. The van der Waals surface area contributed by atoms with E-state index in [4.69, 9.17) is 5.73 Å². The first-order chi connectivity index (χ1) is 14.3. The number of aliphatic hydroxyl groups excluding tert-OH is 1. The lowest BCUT2D eigenvalue weighted by Crippen LogP contribution is -2.40. The van der Waals surface area contributed by atoms with Crippen molar-refractivity contribution >= 4 is 11.3 Å². The van der Waals surface area contributed by atoms with Gasteiger partial charge in [-0.15, -0.1) is 11.3 Å². The maximum absolute atomic E-state index is 13.0. The quantitative estimate of drug-likeness (QED) is 0.310. The number of aryl methyl sites for hydroxylation is 2. The van der Waals surface area contributed by atoms with Crippen LogP contribution < -0.4 is 5.73 Å². The molecule has 3 N–H and O–H groups in total. The second kappa shape index (κ2) is 10.1. The molecular formula is C22H23F6NOS. The number of benzene rings is 1. The van der Waals surface area contributed by atoms with Crippen molar-refractivity contribution in [3.05, 3.63) is 56.8 Å². The molecule has 0 saturated heterocycles. The molecule has 1 aromatic carbocycles. The van der Waals surface area contributed by atoms with Gasteiger partial charge in [0.25, 0.3) is 0 Å². The summed E-state index contributed by atoms with van der Waals surface area (Å²) >= 11 is 1.50. The average molecular weight is 463 g/mol. The third kappa shape index (κ3) is 7.87. The van der Waals surface area contributed by atoms with Crippen LogP contribution in [0.25, 0.3) is 0 Å². The van der Waals surface area contributed by atoms with E-state index in [9.17, 15) is 31.4 Å². The Balaban J connectivity index is 1.92. The predicted molar refractivity (Wildman–Crippen MR) is 109 cm³/mol. The van der Waals surface area contributed by atoms with E-state index >= 15 is 0 Å². The summed E-state index contributed by atoms with van der Waals surface area (Å²) in [4.78, 5) is 1.92. The first-order valence-corrected chi connectivity index (χ1v) is 10.4. The number of alkyl halides is 6. The molecule has 2 rings (SSSR count). The molecule has 1 heterocycles. The monoisotopic (exact) mass is 463 g/mol. The van der Waals surface area contributed by atoms with Gasteiger partial charge in [-0.25, -0.2) is 0 Å². The lowest BCUT2D eigenvalue weighted by Gasteiger charge is -2.20. The Labute approximate surface area is 181 Å². The molecule has 0 aliphatic heterocycles. The minimum absolute atomic E-state index is 0.103. The first-order valence-electron chi connectivity index (χ1n) is 9.56. The Morgan fingerprint density at radius 1 is 0.968 bits per heavy atom. The molecule has 0 fully saturated rings. The van der Waals surface area contributed by atoms with Crippen molar-refractivity contribution in [1.29, 1.82) is 0 Å². The van der Waals surface area contributed by atoms with Crippen LogP contribution >= 0.6 is 11.3 Å². The summed E-state index contributed by atoms with van der Waals surface area (Å²) in [5.74, 6) is 5.93. The third-order valence-corrected chi connectivity index (χ3v) is 5.70. The summed E-state index contributed by atoms with van der Waals surface area (Å²) in [5.41, 5.74) is 2.12. The molecule has 1 unspecified atom stereocenters. The molecule has 2 aromatic rings. The number of unbranched alkanes of at least 4 members (excludes halogenated alkanes) is 1. The minimum Gasteiger partial charge on any atom is -0.394 e. The maximum Gasteiger partial charge on any atom is 0.417 e. The molecule has 0 bridgehead atoms. The van der Waals surface area contributed by atoms with Crippen molar-refractivity contribution < 1.29 is 31.4 Å². The van der Waals surface area contributed by atoms with Crippen molar-refractivity contribution in [1.82, 2.24) is 0 Å². The maximum atomic E-state index is 13.0. The largest absolute Gasteiger partial charge is 0.417 e. The summed E-state index contributed by atoms with van der Waals surface area (Å²) < 4.78 is 77.4. The zero-order valence-electron chi connectivity index (χ0n) is 16.8. The van der Waals surface area contributed by atoms with Gasteiger partial charge in [-0.3, -0.25) is 0 Å². The van der Waals surface area contributed by atoms with Crippen LogP contribution in [0.4, 0.5) is 26.3 Å². The average Bonchev–Trinajstić information content (AvgIpc) is 3.12. The fraction of sp³-hybridized carbons (Fsp3) is 0.455. The van der Waals surface area contributed by atoms with E-state index in [1.54, 1.807) is 6.92 Å². The molecule has 9 heteroatoms. The zero-order chi connectivity index (χ0) is 23.3. The smallest absolute Gasteiger partial charge is 0.394 e. The van der Waals surface area contributed by atoms with Gasteiger partial charge in [0.05, 0.1) is 22.6 Å².